The van der Waals surface area contributed by atoms with Gasteiger partial charge < -0.3 is 10.1 Å². The molecule has 3 rings (SSSR count). The zero-order valence-electron chi connectivity index (χ0n) is 18.1. The topological polar surface area (TPSA) is 146 Å². The Morgan fingerprint density at radius 2 is 1.82 bits per heavy atom. The van der Waals surface area contributed by atoms with Crippen LogP contribution < -0.4 is 10.1 Å². The van der Waals surface area contributed by atoms with Crippen molar-refractivity contribution in [2.45, 2.75) is 17.9 Å². The SMILES string of the molecule is COc1ccc(S(=O)(=O)N2CCN(C(C)C(=O)Nc3ccc(C#N)cc3)CC2)cc1[N+](=O)[O-]. The molecule has 12 heteroatoms. The Bertz CT molecular complexity index is 1180. The van der Waals surface area contributed by atoms with E-state index in [0.29, 0.717) is 24.3 Å². The van der Waals surface area contributed by atoms with Gasteiger partial charge in [-0.15, -0.1) is 0 Å². The van der Waals surface area contributed by atoms with Crippen molar-refractivity contribution in [1.29, 1.82) is 5.26 Å². The molecule has 1 N–H and O–H groups in total. The summed E-state index contributed by atoms with van der Waals surface area (Å²) in [5.74, 6) is -0.271. The van der Waals surface area contributed by atoms with Gasteiger partial charge in [0.2, 0.25) is 15.9 Å². The second-order valence-corrected chi connectivity index (χ2v) is 9.32. The molecule has 0 aliphatic carbocycles. The number of nitriles is 1. The third-order valence-electron chi connectivity index (χ3n) is 5.47. The maximum absolute atomic E-state index is 13.0. The number of nitro groups is 1. The van der Waals surface area contributed by atoms with Crippen LogP contribution in [-0.2, 0) is 14.8 Å². The van der Waals surface area contributed by atoms with Gasteiger partial charge in [-0.2, -0.15) is 9.57 Å². The van der Waals surface area contributed by atoms with Crippen molar-refractivity contribution in [2.75, 3.05) is 38.6 Å². The van der Waals surface area contributed by atoms with Gasteiger partial charge in [-0.1, -0.05) is 0 Å². The smallest absolute Gasteiger partial charge is 0.312 e. The summed E-state index contributed by atoms with van der Waals surface area (Å²) in [6.45, 7) is 2.64. The summed E-state index contributed by atoms with van der Waals surface area (Å²) >= 11 is 0. The molecule has 1 unspecified atom stereocenters. The van der Waals surface area contributed by atoms with Crippen LogP contribution in [0.1, 0.15) is 12.5 Å². The van der Waals surface area contributed by atoms with Gasteiger partial charge >= 0.3 is 5.69 Å². The van der Waals surface area contributed by atoms with E-state index in [1.807, 2.05) is 11.0 Å². The Hall–Kier alpha value is -3.53. The predicted octanol–water partition coefficient (Wildman–Crippen LogP) is 1.81. The number of piperazine rings is 1. The van der Waals surface area contributed by atoms with Crippen molar-refractivity contribution in [3.05, 3.63) is 58.1 Å². The molecule has 0 spiro atoms. The van der Waals surface area contributed by atoms with E-state index in [0.717, 1.165) is 6.07 Å². The second-order valence-electron chi connectivity index (χ2n) is 7.39. The summed E-state index contributed by atoms with van der Waals surface area (Å²) < 4.78 is 32.2. The molecule has 2 aromatic carbocycles. The van der Waals surface area contributed by atoms with Gasteiger partial charge in [-0.25, -0.2) is 8.42 Å². The highest BCUT2D eigenvalue weighted by Crippen LogP contribution is 2.31. The third-order valence-corrected chi connectivity index (χ3v) is 7.36. The summed E-state index contributed by atoms with van der Waals surface area (Å²) in [6.07, 6.45) is 0. The number of anilines is 1. The average Bonchev–Trinajstić information content (AvgIpc) is 2.83. The van der Waals surface area contributed by atoms with Crippen LogP contribution in [0.25, 0.3) is 0 Å². The summed E-state index contributed by atoms with van der Waals surface area (Å²) in [5.41, 5.74) is 0.624. The number of sulfonamides is 1. The molecule has 33 heavy (non-hydrogen) atoms. The number of hydrogen-bond acceptors (Lipinski definition) is 8. The van der Waals surface area contributed by atoms with Crippen molar-refractivity contribution in [3.8, 4) is 11.8 Å². The summed E-state index contributed by atoms with van der Waals surface area (Å²) in [7, 11) is -2.68. The molecule has 174 valence electrons. The molecular formula is C21H23N5O6S. The number of carbonyl (C=O) groups excluding carboxylic acids is 1. The van der Waals surface area contributed by atoms with E-state index in [1.165, 1.54) is 23.5 Å². The van der Waals surface area contributed by atoms with Gasteiger partial charge in [0.25, 0.3) is 0 Å². The van der Waals surface area contributed by atoms with Crippen LogP contribution in [-0.4, -0.2) is 67.8 Å². The minimum Gasteiger partial charge on any atom is -0.490 e. The van der Waals surface area contributed by atoms with E-state index in [1.54, 1.807) is 31.2 Å². The number of nitrogens with one attached hydrogen (secondary N) is 1. The Morgan fingerprint density at radius 1 is 1.18 bits per heavy atom. The Labute approximate surface area is 191 Å². The quantitative estimate of drug-likeness (QED) is 0.473. The number of methoxy groups -OCH3 is 1. The molecule has 0 aromatic heterocycles. The molecule has 1 amide bonds. The third kappa shape index (κ3) is 5.28. The molecule has 1 atom stereocenters. The maximum Gasteiger partial charge on any atom is 0.312 e. The fourth-order valence-electron chi connectivity index (χ4n) is 3.49. The van der Waals surface area contributed by atoms with E-state index in [4.69, 9.17) is 10.00 Å². The molecular weight excluding hydrogens is 450 g/mol. The number of ether oxygens (including phenoxy) is 1. The van der Waals surface area contributed by atoms with Crippen LogP contribution in [0.5, 0.6) is 5.75 Å². The van der Waals surface area contributed by atoms with Crippen molar-refractivity contribution in [3.63, 3.8) is 0 Å². The number of nitrogens with zero attached hydrogens (tertiary/aromatic N) is 4. The lowest BCUT2D eigenvalue weighted by molar-refractivity contribution is -0.386. The molecule has 1 saturated heterocycles. The number of hydrogen-bond donors (Lipinski definition) is 1. The fraction of sp³-hybridized carbons (Fsp3) is 0.333. The largest absolute Gasteiger partial charge is 0.490 e. The van der Waals surface area contributed by atoms with E-state index >= 15 is 0 Å². The lowest BCUT2D eigenvalue weighted by Crippen LogP contribution is -2.53. The number of carbonyl (C=O) groups is 1. The van der Waals surface area contributed by atoms with Crippen molar-refractivity contribution < 1.29 is 22.9 Å². The first-order chi connectivity index (χ1) is 15.7. The van der Waals surface area contributed by atoms with Gasteiger partial charge in [0, 0.05) is 37.9 Å². The normalized spacial score (nSPS) is 15.9. The Kier molecular flexibility index (Phi) is 7.27. The summed E-state index contributed by atoms with van der Waals surface area (Å²) in [5, 5.41) is 22.9. The van der Waals surface area contributed by atoms with Crippen LogP contribution in [0.15, 0.2) is 47.4 Å². The van der Waals surface area contributed by atoms with Gasteiger partial charge in [0.1, 0.15) is 0 Å². The molecule has 1 aliphatic heterocycles. The molecule has 0 radical (unpaired) electrons. The van der Waals surface area contributed by atoms with E-state index in [2.05, 4.69) is 5.32 Å². The zero-order chi connectivity index (χ0) is 24.2. The molecule has 1 fully saturated rings. The first-order valence-corrected chi connectivity index (χ1v) is 11.5. The minimum atomic E-state index is -3.95. The van der Waals surface area contributed by atoms with Crippen LogP contribution in [0.3, 0.4) is 0 Å². The molecule has 2 aromatic rings. The Morgan fingerprint density at radius 3 is 2.36 bits per heavy atom. The van der Waals surface area contributed by atoms with Crippen molar-refractivity contribution in [2.24, 2.45) is 0 Å². The number of rotatable bonds is 7. The van der Waals surface area contributed by atoms with Gasteiger partial charge in [-0.05, 0) is 43.3 Å². The van der Waals surface area contributed by atoms with Crippen molar-refractivity contribution in [1.82, 2.24) is 9.21 Å². The lowest BCUT2D eigenvalue weighted by atomic mass is 10.2. The molecule has 1 heterocycles. The number of benzene rings is 2. The van der Waals surface area contributed by atoms with E-state index in [-0.39, 0.29) is 29.6 Å². The van der Waals surface area contributed by atoms with E-state index in [9.17, 15) is 23.3 Å². The number of nitro benzene ring substituents is 1. The van der Waals surface area contributed by atoms with Crippen LogP contribution in [0, 0.1) is 21.4 Å². The highest BCUT2D eigenvalue weighted by Gasteiger charge is 2.33. The lowest BCUT2D eigenvalue weighted by Gasteiger charge is -2.36. The number of amides is 1. The second kappa shape index (κ2) is 9.95. The van der Waals surface area contributed by atoms with Crippen LogP contribution in [0.4, 0.5) is 11.4 Å². The first kappa shape index (κ1) is 24.1. The van der Waals surface area contributed by atoms with Gasteiger partial charge in [0.05, 0.1) is 34.6 Å². The zero-order valence-corrected chi connectivity index (χ0v) is 18.9. The average molecular weight is 474 g/mol. The van der Waals surface area contributed by atoms with Gasteiger partial charge in [0.15, 0.2) is 5.75 Å². The molecule has 1 aliphatic rings. The Balaban J connectivity index is 1.64. The summed E-state index contributed by atoms with van der Waals surface area (Å²) in [6, 6.07) is 11.5. The summed E-state index contributed by atoms with van der Waals surface area (Å²) in [4.78, 5) is 24.8. The van der Waals surface area contributed by atoms with Crippen LogP contribution >= 0.6 is 0 Å². The fourth-order valence-corrected chi connectivity index (χ4v) is 4.94. The first-order valence-electron chi connectivity index (χ1n) is 10.0. The van der Waals surface area contributed by atoms with E-state index < -0.39 is 26.7 Å². The highest BCUT2D eigenvalue weighted by atomic mass is 32.2. The maximum atomic E-state index is 13.0. The highest BCUT2D eigenvalue weighted by molar-refractivity contribution is 7.89. The standard InChI is InChI=1S/C21H23N5O6S/c1-15(21(27)23-17-5-3-16(14-22)4-6-17)24-9-11-25(12-10-24)33(30,31)18-7-8-20(32-2)19(13-18)26(28)29/h3-8,13,15H,9-12H2,1-2H3,(H,23,27). The van der Waals surface area contributed by atoms with Gasteiger partial charge in [-0.3, -0.25) is 19.8 Å². The predicted molar refractivity (Wildman–Crippen MR) is 119 cm³/mol. The molecule has 11 nitrogen and oxygen atoms in total. The molecule has 0 saturated carbocycles. The minimum absolute atomic E-state index is 0.0223. The monoisotopic (exact) mass is 473 g/mol. The van der Waals surface area contributed by atoms with Crippen LogP contribution in [0.2, 0.25) is 0 Å². The van der Waals surface area contributed by atoms with Crippen molar-refractivity contribution >= 4 is 27.3 Å². The molecule has 0 bridgehead atoms.